The quantitative estimate of drug-likeness (QED) is 0.664. The van der Waals surface area contributed by atoms with E-state index in [1.807, 2.05) is 78.9 Å². The number of hydrogen-bond acceptors (Lipinski definition) is 5. The molecule has 3 aromatic carbocycles. The molecule has 5 nitrogen and oxygen atoms in total. The molecule has 1 aliphatic heterocycles. The highest BCUT2D eigenvalue weighted by molar-refractivity contribution is 5.76. The maximum absolute atomic E-state index is 12.2. The van der Waals surface area contributed by atoms with Crippen LogP contribution in [0, 0.1) is 0 Å². The van der Waals surface area contributed by atoms with Gasteiger partial charge in [0.25, 0.3) is 6.29 Å². The average Bonchev–Trinajstić information content (AvgIpc) is 3.17. The topological polar surface area (TPSA) is 70.8 Å². The molecule has 28 heavy (non-hydrogen) atoms. The minimum Gasteiger partial charge on any atom is -0.460 e. The molecule has 0 aromatic heterocycles. The average molecular weight is 375 g/mol. The van der Waals surface area contributed by atoms with Crippen LogP contribution in [0.4, 0.5) is 0 Å². The maximum Gasteiger partial charge on any atom is 0.323 e. The highest BCUT2D eigenvalue weighted by Gasteiger charge is 2.26. The lowest BCUT2D eigenvalue weighted by Gasteiger charge is -2.12. The molecule has 4 rings (SSSR count). The monoisotopic (exact) mass is 375 g/mol. The van der Waals surface area contributed by atoms with Crippen LogP contribution in [0.25, 0.3) is 0 Å². The van der Waals surface area contributed by atoms with Gasteiger partial charge >= 0.3 is 5.97 Å². The molecule has 1 heterocycles. The van der Waals surface area contributed by atoms with Gasteiger partial charge in [-0.1, -0.05) is 66.7 Å². The first kappa shape index (κ1) is 18.1. The van der Waals surface area contributed by atoms with Gasteiger partial charge in [-0.05, 0) is 29.7 Å². The molecule has 0 fully saturated rings. The van der Waals surface area contributed by atoms with Gasteiger partial charge in [0, 0.05) is 5.56 Å². The van der Waals surface area contributed by atoms with Gasteiger partial charge in [-0.3, -0.25) is 4.79 Å². The lowest BCUT2D eigenvalue weighted by atomic mass is 10.1. The van der Waals surface area contributed by atoms with Crippen LogP contribution in [0.1, 0.15) is 23.0 Å². The van der Waals surface area contributed by atoms with Crippen molar-refractivity contribution in [2.45, 2.75) is 25.4 Å². The highest BCUT2D eigenvalue weighted by atomic mass is 16.7. The summed E-state index contributed by atoms with van der Waals surface area (Å²) < 4.78 is 17.1. The molecule has 0 radical (unpaired) electrons. The smallest absolute Gasteiger partial charge is 0.323 e. The molecule has 5 heteroatoms. The van der Waals surface area contributed by atoms with Crippen molar-refractivity contribution in [1.82, 2.24) is 0 Å². The number of fused-ring (bicyclic) bond motifs is 1. The second-order valence-corrected chi connectivity index (χ2v) is 6.66. The van der Waals surface area contributed by atoms with Crippen LogP contribution in [0.15, 0.2) is 78.9 Å². The molecule has 0 saturated carbocycles. The number of esters is 1. The minimum atomic E-state index is -0.742. The van der Waals surface area contributed by atoms with Gasteiger partial charge in [-0.15, -0.1) is 0 Å². The highest BCUT2D eigenvalue weighted by Crippen LogP contribution is 2.40. The van der Waals surface area contributed by atoms with E-state index in [0.717, 1.165) is 16.7 Å². The van der Waals surface area contributed by atoms with Gasteiger partial charge < -0.3 is 19.9 Å². The molecular formula is C23H21NO4. The molecule has 142 valence electrons. The minimum absolute atomic E-state index is 0.216. The predicted octanol–water partition coefficient (Wildman–Crippen LogP) is 3.77. The van der Waals surface area contributed by atoms with Crippen LogP contribution < -0.4 is 15.2 Å². The Hall–Kier alpha value is -3.31. The zero-order valence-corrected chi connectivity index (χ0v) is 15.3. The van der Waals surface area contributed by atoms with Crippen molar-refractivity contribution in [2.75, 3.05) is 0 Å². The molecule has 1 unspecified atom stereocenters. The molecule has 0 saturated heterocycles. The Morgan fingerprint density at radius 3 is 2.32 bits per heavy atom. The van der Waals surface area contributed by atoms with Crippen molar-refractivity contribution >= 4 is 5.97 Å². The van der Waals surface area contributed by atoms with Gasteiger partial charge in [0.1, 0.15) is 12.6 Å². The van der Waals surface area contributed by atoms with Crippen molar-refractivity contribution in [3.8, 4) is 11.5 Å². The van der Waals surface area contributed by atoms with Gasteiger partial charge in [0.2, 0.25) is 0 Å². The van der Waals surface area contributed by atoms with Crippen molar-refractivity contribution in [2.24, 2.45) is 5.73 Å². The molecule has 1 aliphatic rings. The molecule has 0 amide bonds. The second-order valence-electron chi connectivity index (χ2n) is 6.66. The van der Waals surface area contributed by atoms with Crippen LogP contribution in [-0.4, -0.2) is 12.0 Å². The number of nitrogens with two attached hydrogens (primary N) is 1. The number of carbonyl (C=O) groups excluding carboxylic acids is 1. The summed E-state index contributed by atoms with van der Waals surface area (Å²) in [6, 6.07) is 24.1. The summed E-state index contributed by atoms with van der Waals surface area (Å²) in [6.45, 7) is 0.216. The van der Waals surface area contributed by atoms with Crippen molar-refractivity contribution in [1.29, 1.82) is 0 Å². The SMILES string of the molecule is N[C@@H](Cc1ccc2c(c1)OC(c1ccccc1)O2)C(=O)OCc1ccccc1. The Morgan fingerprint density at radius 2 is 1.57 bits per heavy atom. The van der Waals surface area contributed by atoms with E-state index in [-0.39, 0.29) is 6.61 Å². The van der Waals surface area contributed by atoms with Gasteiger partial charge in [0.15, 0.2) is 11.5 Å². The molecule has 2 atom stereocenters. The molecule has 0 aliphatic carbocycles. The fourth-order valence-electron chi connectivity index (χ4n) is 3.04. The van der Waals surface area contributed by atoms with E-state index in [9.17, 15) is 4.79 Å². The third kappa shape index (κ3) is 4.15. The van der Waals surface area contributed by atoms with E-state index in [1.165, 1.54) is 0 Å². The van der Waals surface area contributed by atoms with Crippen LogP contribution in [0.2, 0.25) is 0 Å². The van der Waals surface area contributed by atoms with Crippen LogP contribution in [-0.2, 0) is 22.6 Å². The van der Waals surface area contributed by atoms with Gasteiger partial charge in [-0.25, -0.2) is 0 Å². The number of hydrogen-bond donors (Lipinski definition) is 1. The summed E-state index contributed by atoms with van der Waals surface area (Å²) in [5.74, 6) is 0.901. The van der Waals surface area contributed by atoms with E-state index < -0.39 is 18.3 Å². The van der Waals surface area contributed by atoms with Crippen LogP contribution in [0.5, 0.6) is 11.5 Å². The third-order valence-corrected chi connectivity index (χ3v) is 4.53. The normalized spacial score (nSPS) is 15.8. The molecule has 0 spiro atoms. The van der Waals surface area contributed by atoms with E-state index in [0.29, 0.717) is 17.9 Å². The first-order chi connectivity index (χ1) is 13.7. The summed E-state index contributed by atoms with van der Waals surface area (Å²) in [5, 5.41) is 0. The largest absolute Gasteiger partial charge is 0.460 e. The van der Waals surface area contributed by atoms with Crippen molar-refractivity contribution in [3.63, 3.8) is 0 Å². The standard InChI is InChI=1S/C23H21NO4/c24-19(22(25)26-15-16-7-3-1-4-8-16)13-17-11-12-20-21(14-17)28-23(27-20)18-9-5-2-6-10-18/h1-12,14,19,23H,13,15,24H2/t19-,23?/m0/s1. The predicted molar refractivity (Wildman–Crippen MR) is 105 cm³/mol. The summed E-state index contributed by atoms with van der Waals surface area (Å²) in [6.07, 6.45) is -0.101. The van der Waals surface area contributed by atoms with Crippen molar-refractivity contribution in [3.05, 3.63) is 95.6 Å². The fourth-order valence-corrected chi connectivity index (χ4v) is 3.04. The zero-order chi connectivity index (χ0) is 19.3. The molecular weight excluding hydrogens is 354 g/mol. The maximum atomic E-state index is 12.2. The summed E-state index contributed by atoms with van der Waals surface area (Å²) >= 11 is 0. The van der Waals surface area contributed by atoms with Crippen molar-refractivity contribution < 1.29 is 19.0 Å². The van der Waals surface area contributed by atoms with Gasteiger partial charge in [-0.2, -0.15) is 0 Å². The Morgan fingerprint density at radius 1 is 0.893 bits per heavy atom. The van der Waals surface area contributed by atoms with Crippen LogP contribution >= 0.6 is 0 Å². The summed E-state index contributed by atoms with van der Waals surface area (Å²) in [7, 11) is 0. The fraction of sp³-hybridized carbons (Fsp3) is 0.174. The summed E-state index contributed by atoms with van der Waals surface area (Å²) in [5.41, 5.74) is 8.79. The van der Waals surface area contributed by atoms with Crippen LogP contribution in [0.3, 0.4) is 0 Å². The lowest BCUT2D eigenvalue weighted by molar-refractivity contribution is -0.146. The lowest BCUT2D eigenvalue weighted by Crippen LogP contribution is -2.34. The van der Waals surface area contributed by atoms with E-state index in [1.54, 1.807) is 0 Å². The Kier molecular flexibility index (Phi) is 5.26. The molecule has 0 bridgehead atoms. The first-order valence-corrected chi connectivity index (χ1v) is 9.16. The third-order valence-electron chi connectivity index (χ3n) is 4.53. The molecule has 2 N–H and O–H groups in total. The Balaban J connectivity index is 1.35. The van der Waals surface area contributed by atoms with Gasteiger partial charge in [0.05, 0.1) is 0 Å². The number of rotatable bonds is 6. The Labute approximate surface area is 163 Å². The van der Waals surface area contributed by atoms with E-state index >= 15 is 0 Å². The zero-order valence-electron chi connectivity index (χ0n) is 15.3. The summed E-state index contributed by atoms with van der Waals surface area (Å²) in [4.78, 5) is 12.2. The number of ether oxygens (including phenoxy) is 3. The second kappa shape index (κ2) is 8.15. The Bertz CT molecular complexity index is 943. The number of carbonyl (C=O) groups is 1. The first-order valence-electron chi connectivity index (χ1n) is 9.16. The number of benzene rings is 3. The van der Waals surface area contributed by atoms with E-state index in [2.05, 4.69) is 0 Å². The molecule has 3 aromatic rings. The van der Waals surface area contributed by atoms with E-state index in [4.69, 9.17) is 19.9 Å².